The number of hydrogen-bond donors (Lipinski definition) is 2. The van der Waals surface area contributed by atoms with Crippen molar-refractivity contribution in [3.05, 3.63) is 54.1 Å². The lowest BCUT2D eigenvalue weighted by Crippen LogP contribution is -2.47. The number of benzene rings is 2. The molecule has 2 N–H and O–H groups in total. The minimum absolute atomic E-state index is 0.106. The van der Waals surface area contributed by atoms with Gasteiger partial charge in [0, 0.05) is 11.3 Å². The molecular weight excluding hydrogens is 376 g/mol. The lowest BCUT2D eigenvalue weighted by Gasteiger charge is -2.21. The monoisotopic (exact) mass is 398 g/mol. The fraction of sp³-hybridized carbons (Fsp3) is 0.286. The molecule has 1 heterocycles. The molecule has 1 aliphatic heterocycles. The quantitative estimate of drug-likeness (QED) is 0.549. The normalized spacial score (nSPS) is 12.9. The number of nitrogens with one attached hydrogen (secondary N) is 2. The van der Waals surface area contributed by atoms with Crippen molar-refractivity contribution in [2.24, 2.45) is 5.92 Å². The molecule has 2 aromatic carbocycles. The third-order valence-corrected chi connectivity index (χ3v) is 4.28. The van der Waals surface area contributed by atoms with Crippen molar-refractivity contribution in [2.75, 3.05) is 18.7 Å². The number of anilines is 1. The summed E-state index contributed by atoms with van der Waals surface area (Å²) in [7, 11) is 0. The first-order valence-electron chi connectivity index (χ1n) is 9.16. The first-order valence-corrected chi connectivity index (χ1v) is 9.16. The van der Waals surface area contributed by atoms with Gasteiger partial charge in [0.25, 0.3) is 0 Å². The second-order valence-corrected chi connectivity index (χ2v) is 6.79. The van der Waals surface area contributed by atoms with Gasteiger partial charge in [-0.05, 0) is 36.2 Å². The molecular formula is C21H22N2O6. The molecule has 0 fully saturated rings. The molecule has 3 rings (SSSR count). The van der Waals surface area contributed by atoms with Crippen molar-refractivity contribution >= 4 is 23.5 Å². The zero-order valence-electron chi connectivity index (χ0n) is 16.1. The fourth-order valence-electron chi connectivity index (χ4n) is 2.71. The van der Waals surface area contributed by atoms with Gasteiger partial charge < -0.3 is 24.8 Å². The number of ketones is 1. The maximum atomic E-state index is 12.4. The van der Waals surface area contributed by atoms with Crippen LogP contribution in [0.5, 0.6) is 11.5 Å². The lowest BCUT2D eigenvalue weighted by atomic mass is 10.0. The summed E-state index contributed by atoms with van der Waals surface area (Å²) in [4.78, 5) is 36.9. The van der Waals surface area contributed by atoms with Gasteiger partial charge in [-0.1, -0.05) is 32.0 Å². The van der Waals surface area contributed by atoms with E-state index in [2.05, 4.69) is 10.6 Å². The molecule has 8 nitrogen and oxygen atoms in total. The highest BCUT2D eigenvalue weighted by atomic mass is 16.7. The molecule has 0 radical (unpaired) electrons. The Morgan fingerprint density at radius 3 is 2.48 bits per heavy atom. The van der Waals surface area contributed by atoms with Gasteiger partial charge >= 0.3 is 12.0 Å². The summed E-state index contributed by atoms with van der Waals surface area (Å²) in [6.45, 7) is 3.21. The van der Waals surface area contributed by atoms with E-state index in [0.29, 0.717) is 22.7 Å². The Hall–Kier alpha value is -3.55. The predicted molar refractivity (Wildman–Crippen MR) is 105 cm³/mol. The number of esters is 1. The van der Waals surface area contributed by atoms with E-state index in [1.165, 1.54) is 0 Å². The zero-order valence-corrected chi connectivity index (χ0v) is 16.1. The van der Waals surface area contributed by atoms with Gasteiger partial charge in [-0.15, -0.1) is 0 Å². The maximum absolute atomic E-state index is 12.4. The highest BCUT2D eigenvalue weighted by molar-refractivity contribution is 5.99. The minimum atomic E-state index is -0.900. The van der Waals surface area contributed by atoms with Crippen LogP contribution in [0.2, 0.25) is 0 Å². The minimum Gasteiger partial charge on any atom is -0.456 e. The van der Waals surface area contributed by atoms with E-state index in [9.17, 15) is 14.4 Å². The summed E-state index contributed by atoms with van der Waals surface area (Å²) < 4.78 is 15.6. The van der Waals surface area contributed by atoms with Crippen molar-refractivity contribution in [1.29, 1.82) is 0 Å². The molecule has 0 saturated heterocycles. The Bertz CT molecular complexity index is 897. The number of para-hydroxylation sites is 1. The topological polar surface area (TPSA) is 103 Å². The van der Waals surface area contributed by atoms with Crippen molar-refractivity contribution in [1.82, 2.24) is 5.32 Å². The predicted octanol–water partition coefficient (Wildman–Crippen LogP) is 2.99. The van der Waals surface area contributed by atoms with Crippen LogP contribution in [0.4, 0.5) is 10.5 Å². The molecule has 152 valence electrons. The molecule has 0 aliphatic carbocycles. The smallest absolute Gasteiger partial charge is 0.329 e. The van der Waals surface area contributed by atoms with Gasteiger partial charge in [0.1, 0.15) is 6.04 Å². The van der Waals surface area contributed by atoms with Gasteiger partial charge in [0.15, 0.2) is 23.9 Å². The molecule has 8 heteroatoms. The van der Waals surface area contributed by atoms with Gasteiger partial charge in [0.2, 0.25) is 6.79 Å². The largest absolute Gasteiger partial charge is 0.456 e. The van der Waals surface area contributed by atoms with Crippen molar-refractivity contribution in [3.8, 4) is 11.5 Å². The molecule has 0 saturated carbocycles. The van der Waals surface area contributed by atoms with Crippen LogP contribution in [0.25, 0.3) is 0 Å². The number of ether oxygens (including phenoxy) is 3. The Labute approximate surface area is 168 Å². The van der Waals surface area contributed by atoms with Crippen LogP contribution in [0.15, 0.2) is 48.5 Å². The number of carbonyl (C=O) groups is 3. The van der Waals surface area contributed by atoms with Crippen molar-refractivity contribution < 1.29 is 28.6 Å². The summed E-state index contributed by atoms with van der Waals surface area (Å²) >= 11 is 0. The second-order valence-electron chi connectivity index (χ2n) is 6.79. The first kappa shape index (κ1) is 20.2. The number of carbonyl (C=O) groups excluding carboxylic acids is 3. The van der Waals surface area contributed by atoms with Crippen molar-refractivity contribution in [3.63, 3.8) is 0 Å². The summed E-state index contributed by atoms with van der Waals surface area (Å²) in [5.41, 5.74) is 0.941. The maximum Gasteiger partial charge on any atom is 0.329 e. The molecule has 0 aromatic heterocycles. The summed E-state index contributed by atoms with van der Waals surface area (Å²) in [5.74, 6) is -0.261. The molecule has 2 amide bonds. The van der Waals surface area contributed by atoms with Crippen LogP contribution >= 0.6 is 0 Å². The fourth-order valence-corrected chi connectivity index (χ4v) is 2.71. The number of Topliss-reactive ketones (excluding diaryl/α,β-unsaturated/α-hetero) is 1. The van der Waals surface area contributed by atoms with E-state index >= 15 is 0 Å². The second kappa shape index (κ2) is 9.09. The number of hydrogen-bond acceptors (Lipinski definition) is 6. The van der Waals surface area contributed by atoms with Crippen LogP contribution in [0, 0.1) is 5.92 Å². The van der Waals surface area contributed by atoms with Gasteiger partial charge in [-0.3, -0.25) is 4.79 Å². The molecule has 0 unspecified atom stereocenters. The number of fused-ring (bicyclic) bond motifs is 1. The molecule has 0 bridgehead atoms. The lowest BCUT2D eigenvalue weighted by molar-refractivity contribution is -0.145. The summed E-state index contributed by atoms with van der Waals surface area (Å²) in [6.07, 6.45) is 0. The Kier molecular flexibility index (Phi) is 6.33. The highest BCUT2D eigenvalue weighted by Gasteiger charge is 2.27. The van der Waals surface area contributed by atoms with Crippen LogP contribution in [-0.2, 0) is 9.53 Å². The average molecular weight is 398 g/mol. The Morgan fingerprint density at radius 1 is 1.03 bits per heavy atom. The molecule has 1 aliphatic rings. The SMILES string of the molecule is CC(C)[C@@H](NC(=O)Nc1ccccc1)C(=O)OCC(=O)c1ccc2c(c1)OCO2. The molecule has 2 aromatic rings. The van der Waals surface area contributed by atoms with E-state index < -0.39 is 24.6 Å². The summed E-state index contributed by atoms with van der Waals surface area (Å²) in [5, 5.41) is 5.24. The van der Waals surface area contributed by atoms with E-state index in [1.807, 2.05) is 6.07 Å². The first-order chi connectivity index (χ1) is 13.9. The average Bonchev–Trinajstić information content (AvgIpc) is 3.18. The third-order valence-electron chi connectivity index (χ3n) is 4.28. The third kappa shape index (κ3) is 5.25. The number of urea groups is 1. The van der Waals surface area contributed by atoms with Crippen LogP contribution in [-0.4, -0.2) is 37.2 Å². The van der Waals surface area contributed by atoms with E-state index in [0.717, 1.165) is 0 Å². The molecule has 0 spiro atoms. The highest BCUT2D eigenvalue weighted by Crippen LogP contribution is 2.32. The number of amides is 2. The molecule has 29 heavy (non-hydrogen) atoms. The summed E-state index contributed by atoms with van der Waals surface area (Å²) in [6, 6.07) is 12.2. The number of rotatable bonds is 7. The standard InChI is InChI=1S/C21H22N2O6/c1-13(2)19(23-21(26)22-15-6-4-3-5-7-15)20(25)27-11-16(24)14-8-9-17-18(10-14)29-12-28-17/h3-10,13,19H,11-12H2,1-2H3,(H2,22,23,26)/t19-/m1/s1. The van der Waals surface area contributed by atoms with Crippen LogP contribution < -0.4 is 20.1 Å². The van der Waals surface area contributed by atoms with E-state index in [-0.39, 0.29) is 18.5 Å². The van der Waals surface area contributed by atoms with E-state index in [1.54, 1.807) is 56.3 Å². The van der Waals surface area contributed by atoms with Crippen LogP contribution in [0.3, 0.4) is 0 Å². The van der Waals surface area contributed by atoms with Crippen LogP contribution in [0.1, 0.15) is 24.2 Å². The zero-order chi connectivity index (χ0) is 20.8. The Morgan fingerprint density at radius 2 is 1.76 bits per heavy atom. The van der Waals surface area contributed by atoms with Gasteiger partial charge in [-0.25, -0.2) is 9.59 Å². The van der Waals surface area contributed by atoms with E-state index in [4.69, 9.17) is 14.2 Å². The molecule has 1 atom stereocenters. The Balaban J connectivity index is 1.55. The van der Waals surface area contributed by atoms with Gasteiger partial charge in [-0.2, -0.15) is 0 Å². The van der Waals surface area contributed by atoms with Crippen molar-refractivity contribution in [2.45, 2.75) is 19.9 Å². The van der Waals surface area contributed by atoms with Gasteiger partial charge in [0.05, 0.1) is 0 Å².